The maximum absolute atomic E-state index is 12.8. The lowest BCUT2D eigenvalue weighted by atomic mass is 9.83. The summed E-state index contributed by atoms with van der Waals surface area (Å²) in [6, 6.07) is 16.0. The highest BCUT2D eigenvalue weighted by Gasteiger charge is 2.25. The molecular weight excluding hydrogens is 380 g/mol. The molecule has 0 aliphatic heterocycles. The van der Waals surface area contributed by atoms with Gasteiger partial charge in [-0.15, -0.1) is 0 Å². The summed E-state index contributed by atoms with van der Waals surface area (Å²) in [5.41, 5.74) is 3.68. The number of halogens is 2. The molecule has 0 saturated carbocycles. The molecule has 3 heteroatoms. The van der Waals surface area contributed by atoms with E-state index in [0.29, 0.717) is 0 Å². The van der Waals surface area contributed by atoms with Gasteiger partial charge in [0.05, 0.1) is 0 Å². The Morgan fingerprint density at radius 2 is 1.50 bits per heavy atom. The summed E-state index contributed by atoms with van der Waals surface area (Å²) in [5, 5.41) is 2.14. The Hall–Kier alpha value is -1.45. The van der Waals surface area contributed by atoms with Gasteiger partial charge in [0.2, 0.25) is 0 Å². The van der Waals surface area contributed by atoms with Gasteiger partial charge in [0.1, 0.15) is 0 Å². The van der Waals surface area contributed by atoms with E-state index in [4.69, 9.17) is 0 Å². The molecule has 4 rings (SSSR count). The maximum atomic E-state index is 12.8. The van der Waals surface area contributed by atoms with Gasteiger partial charge in [0.15, 0.2) is 5.78 Å². The van der Waals surface area contributed by atoms with Crippen LogP contribution in [0.3, 0.4) is 0 Å². The van der Waals surface area contributed by atoms with Crippen molar-refractivity contribution in [1.29, 1.82) is 0 Å². The van der Waals surface area contributed by atoms with Crippen molar-refractivity contribution in [1.82, 2.24) is 0 Å². The van der Waals surface area contributed by atoms with Crippen molar-refractivity contribution in [3.63, 3.8) is 0 Å². The van der Waals surface area contributed by atoms with Crippen molar-refractivity contribution >= 4 is 48.4 Å². The van der Waals surface area contributed by atoms with E-state index in [1.54, 1.807) is 0 Å². The van der Waals surface area contributed by atoms with E-state index in [1.807, 2.05) is 36.4 Å². The first-order valence-electron chi connectivity index (χ1n) is 6.22. The molecule has 0 saturated heterocycles. The van der Waals surface area contributed by atoms with E-state index >= 15 is 0 Å². The van der Waals surface area contributed by atoms with Gasteiger partial charge in [-0.3, -0.25) is 4.79 Å². The minimum atomic E-state index is 0.0892. The molecule has 0 atom stereocenters. The molecule has 20 heavy (non-hydrogen) atoms. The summed E-state index contributed by atoms with van der Waals surface area (Å²) in [5.74, 6) is 0.0892. The molecule has 1 aliphatic rings. The van der Waals surface area contributed by atoms with E-state index in [9.17, 15) is 4.79 Å². The first-order chi connectivity index (χ1) is 9.65. The normalized spacial score (nSPS) is 12.6. The molecule has 1 aliphatic carbocycles. The van der Waals surface area contributed by atoms with Crippen LogP contribution in [0.4, 0.5) is 0 Å². The third-order valence-corrected chi connectivity index (χ3v) is 4.65. The molecular formula is C17H8Br2O. The maximum Gasteiger partial charge on any atom is 0.194 e. The van der Waals surface area contributed by atoms with Crippen molar-refractivity contribution in [2.24, 2.45) is 0 Å². The third kappa shape index (κ3) is 1.63. The minimum Gasteiger partial charge on any atom is -0.289 e. The van der Waals surface area contributed by atoms with Gasteiger partial charge in [-0.25, -0.2) is 0 Å². The Labute approximate surface area is 132 Å². The highest BCUT2D eigenvalue weighted by atomic mass is 79.9. The fourth-order valence-corrected chi connectivity index (χ4v) is 3.72. The lowest BCUT2D eigenvalue weighted by molar-refractivity contribution is 0.104. The van der Waals surface area contributed by atoms with Crippen molar-refractivity contribution in [2.75, 3.05) is 0 Å². The average molecular weight is 388 g/mol. The molecule has 3 aromatic carbocycles. The van der Waals surface area contributed by atoms with Crippen molar-refractivity contribution in [3.8, 4) is 11.1 Å². The molecule has 0 heterocycles. The van der Waals surface area contributed by atoms with Crippen LogP contribution in [-0.4, -0.2) is 5.78 Å². The molecule has 0 N–H and O–H groups in total. The highest BCUT2D eigenvalue weighted by Crippen LogP contribution is 2.41. The van der Waals surface area contributed by atoms with Gasteiger partial charge in [0, 0.05) is 25.5 Å². The Morgan fingerprint density at radius 1 is 0.700 bits per heavy atom. The molecule has 0 aromatic heterocycles. The second-order valence-electron chi connectivity index (χ2n) is 4.88. The zero-order valence-electron chi connectivity index (χ0n) is 10.3. The van der Waals surface area contributed by atoms with E-state index in [-0.39, 0.29) is 5.78 Å². The lowest BCUT2D eigenvalue weighted by Crippen LogP contribution is -2.10. The van der Waals surface area contributed by atoms with Gasteiger partial charge in [-0.05, 0) is 40.8 Å². The smallest absolute Gasteiger partial charge is 0.194 e. The predicted octanol–water partition coefficient (Wildman–Crippen LogP) is 5.58. The Kier molecular flexibility index (Phi) is 2.63. The molecule has 0 spiro atoms. The number of rotatable bonds is 0. The monoisotopic (exact) mass is 386 g/mol. The third-order valence-electron chi connectivity index (χ3n) is 3.70. The SMILES string of the molecule is O=C1c2cc(Br)ccc2-c2cccc3cc(Br)cc1c23. The predicted molar refractivity (Wildman–Crippen MR) is 88.2 cm³/mol. The van der Waals surface area contributed by atoms with Gasteiger partial charge >= 0.3 is 0 Å². The van der Waals surface area contributed by atoms with Crippen LogP contribution in [0.5, 0.6) is 0 Å². The van der Waals surface area contributed by atoms with E-state index < -0.39 is 0 Å². The number of ketones is 1. The molecule has 0 radical (unpaired) electrons. The topological polar surface area (TPSA) is 17.1 Å². The van der Waals surface area contributed by atoms with Gasteiger partial charge in [0.25, 0.3) is 0 Å². The number of carbonyl (C=O) groups excluding carboxylic acids is 1. The van der Waals surface area contributed by atoms with Crippen LogP contribution in [0.1, 0.15) is 15.9 Å². The summed E-state index contributed by atoms with van der Waals surface area (Å²) in [7, 11) is 0. The van der Waals surface area contributed by atoms with Crippen LogP contribution < -0.4 is 0 Å². The molecule has 0 unspecified atom stereocenters. The van der Waals surface area contributed by atoms with Crippen molar-refractivity contribution in [3.05, 3.63) is 68.6 Å². The van der Waals surface area contributed by atoms with Crippen molar-refractivity contribution in [2.45, 2.75) is 0 Å². The number of hydrogen-bond donors (Lipinski definition) is 0. The zero-order chi connectivity index (χ0) is 13.9. The second-order valence-corrected chi connectivity index (χ2v) is 6.71. The fourth-order valence-electron chi connectivity index (χ4n) is 2.88. The van der Waals surface area contributed by atoms with Gasteiger partial charge in [-0.1, -0.05) is 56.1 Å². The Bertz CT molecular complexity index is 897. The summed E-state index contributed by atoms with van der Waals surface area (Å²) < 4.78 is 1.86. The Morgan fingerprint density at radius 3 is 2.35 bits per heavy atom. The van der Waals surface area contributed by atoms with Crippen LogP contribution in [0.25, 0.3) is 21.9 Å². The molecule has 1 nitrogen and oxygen atoms in total. The standard InChI is InChI=1S/C17H8Br2O/c18-10-4-5-12-13-3-1-2-9-6-11(19)8-15(16(9)13)17(20)14(12)7-10/h1-8H. The summed E-state index contributed by atoms with van der Waals surface area (Å²) in [4.78, 5) is 12.8. The lowest BCUT2D eigenvalue weighted by Gasteiger charge is -2.20. The summed E-state index contributed by atoms with van der Waals surface area (Å²) in [6.07, 6.45) is 0. The van der Waals surface area contributed by atoms with Gasteiger partial charge in [-0.2, -0.15) is 0 Å². The minimum absolute atomic E-state index is 0.0892. The van der Waals surface area contributed by atoms with Crippen LogP contribution in [-0.2, 0) is 0 Å². The van der Waals surface area contributed by atoms with E-state index in [0.717, 1.165) is 42.0 Å². The zero-order valence-corrected chi connectivity index (χ0v) is 13.5. The van der Waals surface area contributed by atoms with E-state index in [2.05, 4.69) is 44.0 Å². The Balaban J connectivity index is 2.23. The fraction of sp³-hybridized carbons (Fsp3) is 0. The summed E-state index contributed by atoms with van der Waals surface area (Å²) in [6.45, 7) is 0. The quantitative estimate of drug-likeness (QED) is 0.385. The van der Waals surface area contributed by atoms with Crippen LogP contribution in [0.15, 0.2) is 57.5 Å². The first-order valence-corrected chi connectivity index (χ1v) is 7.80. The molecule has 3 aromatic rings. The molecule has 0 fully saturated rings. The number of carbonyl (C=O) groups is 1. The number of benzene rings is 3. The largest absolute Gasteiger partial charge is 0.289 e. The number of hydrogen-bond acceptors (Lipinski definition) is 1. The van der Waals surface area contributed by atoms with Crippen LogP contribution in [0, 0.1) is 0 Å². The molecule has 0 amide bonds. The van der Waals surface area contributed by atoms with Crippen LogP contribution >= 0.6 is 31.9 Å². The first kappa shape index (κ1) is 12.3. The highest BCUT2D eigenvalue weighted by molar-refractivity contribution is 9.10. The van der Waals surface area contributed by atoms with E-state index in [1.165, 1.54) is 0 Å². The van der Waals surface area contributed by atoms with Crippen LogP contribution in [0.2, 0.25) is 0 Å². The molecule has 96 valence electrons. The molecule has 0 bridgehead atoms. The van der Waals surface area contributed by atoms with Gasteiger partial charge < -0.3 is 0 Å². The average Bonchev–Trinajstić information content (AvgIpc) is 2.44. The van der Waals surface area contributed by atoms with Crippen molar-refractivity contribution < 1.29 is 4.79 Å². The second kappa shape index (κ2) is 4.27. The number of fused-ring (bicyclic) bond motifs is 2. The summed E-state index contributed by atoms with van der Waals surface area (Å²) >= 11 is 6.94.